The molecular weight excluding hydrogens is 372 g/mol. The molecule has 1 unspecified atom stereocenters. The van der Waals surface area contributed by atoms with Gasteiger partial charge in [-0.05, 0) is 25.5 Å². The van der Waals surface area contributed by atoms with Gasteiger partial charge in [0.15, 0.2) is 0 Å². The summed E-state index contributed by atoms with van der Waals surface area (Å²) in [6, 6.07) is 6.08. The molecule has 1 aromatic heterocycles. The number of nitro benzene ring substituents is 1. The Morgan fingerprint density at radius 2 is 2.11 bits per heavy atom. The number of hydrogen-bond acceptors (Lipinski definition) is 6. The van der Waals surface area contributed by atoms with E-state index in [1.54, 1.807) is 19.1 Å². The Bertz CT molecular complexity index is 834. The second-order valence-electron chi connectivity index (χ2n) is 6.13. The topological polar surface area (TPSA) is 110 Å². The number of carboxylic acid groups (broad SMARTS) is 1. The second kappa shape index (κ2) is 9.43. The van der Waals surface area contributed by atoms with Crippen LogP contribution in [-0.2, 0) is 9.53 Å². The van der Waals surface area contributed by atoms with Crippen molar-refractivity contribution in [3.63, 3.8) is 0 Å². The Morgan fingerprint density at radius 1 is 1.37 bits per heavy atom. The van der Waals surface area contributed by atoms with Crippen LogP contribution in [0.5, 0.6) is 0 Å². The van der Waals surface area contributed by atoms with Gasteiger partial charge in [-0.1, -0.05) is 6.92 Å². The van der Waals surface area contributed by atoms with Crippen LogP contribution in [0.15, 0.2) is 24.3 Å². The molecule has 27 heavy (non-hydrogen) atoms. The van der Waals surface area contributed by atoms with Gasteiger partial charge in [0.05, 0.1) is 15.7 Å². The summed E-state index contributed by atoms with van der Waals surface area (Å²) in [6.07, 6.45) is 0.599. The first kappa shape index (κ1) is 20.8. The van der Waals surface area contributed by atoms with Gasteiger partial charge < -0.3 is 14.7 Å². The highest BCUT2D eigenvalue weighted by atomic mass is 32.1. The molecule has 2 rings (SSSR count). The molecule has 1 heterocycles. The number of aliphatic carboxylic acids is 1. The minimum absolute atomic E-state index is 0.0348. The van der Waals surface area contributed by atoms with Gasteiger partial charge in [0.2, 0.25) is 0 Å². The monoisotopic (exact) mass is 394 g/mol. The number of carbonyl (C=O) groups excluding carboxylic acids is 1. The Morgan fingerprint density at radius 3 is 2.74 bits per heavy atom. The van der Waals surface area contributed by atoms with Crippen LogP contribution >= 0.6 is 11.3 Å². The van der Waals surface area contributed by atoms with Crippen molar-refractivity contribution in [2.24, 2.45) is 5.92 Å². The summed E-state index contributed by atoms with van der Waals surface area (Å²) in [5, 5.41) is 20.7. The molecule has 146 valence electrons. The smallest absolute Gasteiger partial charge is 0.308 e. The van der Waals surface area contributed by atoms with Gasteiger partial charge in [-0.2, -0.15) is 0 Å². The van der Waals surface area contributed by atoms with Gasteiger partial charge in [0, 0.05) is 48.5 Å². The Kier molecular flexibility index (Phi) is 7.26. The Balaban J connectivity index is 2.22. The van der Waals surface area contributed by atoms with Crippen LogP contribution in [0.2, 0.25) is 0 Å². The Hall–Kier alpha value is -2.52. The van der Waals surface area contributed by atoms with Crippen LogP contribution in [0, 0.1) is 16.0 Å². The number of carboxylic acids is 1. The lowest BCUT2D eigenvalue weighted by Crippen LogP contribution is -2.37. The van der Waals surface area contributed by atoms with Gasteiger partial charge in [0.25, 0.3) is 11.6 Å². The first-order chi connectivity index (χ1) is 12.8. The molecule has 1 amide bonds. The number of nitro groups is 1. The molecule has 0 saturated carbocycles. The lowest BCUT2D eigenvalue weighted by molar-refractivity contribution is -0.384. The van der Waals surface area contributed by atoms with Crippen LogP contribution in [0.4, 0.5) is 5.69 Å². The van der Waals surface area contributed by atoms with Crippen LogP contribution in [0.25, 0.3) is 10.1 Å². The van der Waals surface area contributed by atoms with E-state index in [1.165, 1.54) is 28.4 Å². The van der Waals surface area contributed by atoms with E-state index in [9.17, 15) is 19.7 Å². The number of benzene rings is 1. The third-order valence-electron chi connectivity index (χ3n) is 4.05. The van der Waals surface area contributed by atoms with Gasteiger partial charge in [0.1, 0.15) is 0 Å². The number of carbonyl (C=O) groups is 2. The average Bonchev–Trinajstić information content (AvgIpc) is 3.06. The maximum Gasteiger partial charge on any atom is 0.308 e. The van der Waals surface area contributed by atoms with E-state index in [0.29, 0.717) is 36.4 Å². The SMILES string of the molecule is CCOCCCN(CC(C)C(=O)O)C(=O)c1cc2cc([N+](=O)[O-])ccc2s1. The van der Waals surface area contributed by atoms with E-state index in [0.717, 1.165) is 4.70 Å². The van der Waals surface area contributed by atoms with Crippen LogP contribution in [-0.4, -0.2) is 53.1 Å². The number of rotatable bonds is 10. The number of fused-ring (bicyclic) bond motifs is 1. The van der Waals surface area contributed by atoms with E-state index < -0.39 is 16.8 Å². The third-order valence-corrected chi connectivity index (χ3v) is 5.15. The van der Waals surface area contributed by atoms with Crippen LogP contribution < -0.4 is 0 Å². The van der Waals surface area contributed by atoms with Crippen molar-refractivity contribution >= 4 is 39.0 Å². The number of nitrogens with zero attached hydrogens (tertiary/aromatic N) is 2. The highest BCUT2D eigenvalue weighted by Gasteiger charge is 2.23. The fraction of sp³-hybridized carbons (Fsp3) is 0.444. The van der Waals surface area contributed by atoms with Crippen molar-refractivity contribution in [3.8, 4) is 0 Å². The quantitative estimate of drug-likeness (QED) is 0.376. The summed E-state index contributed by atoms with van der Waals surface area (Å²) in [5.41, 5.74) is -0.0348. The van der Waals surface area contributed by atoms with Crippen LogP contribution in [0.3, 0.4) is 0 Å². The van der Waals surface area contributed by atoms with Crippen molar-refractivity contribution < 1.29 is 24.4 Å². The summed E-state index contributed by atoms with van der Waals surface area (Å²) in [7, 11) is 0. The van der Waals surface area contributed by atoms with E-state index in [4.69, 9.17) is 9.84 Å². The molecule has 9 heteroatoms. The lowest BCUT2D eigenvalue weighted by atomic mass is 10.1. The van der Waals surface area contributed by atoms with Gasteiger partial charge >= 0.3 is 5.97 Å². The molecule has 2 aromatic rings. The molecule has 0 fully saturated rings. The molecule has 0 bridgehead atoms. The van der Waals surface area contributed by atoms with E-state index >= 15 is 0 Å². The van der Waals surface area contributed by atoms with Gasteiger partial charge in [-0.15, -0.1) is 11.3 Å². The molecule has 1 aromatic carbocycles. The standard InChI is InChI=1S/C18H22N2O6S/c1-3-26-8-4-7-19(11-12(2)18(22)23)17(21)16-10-13-9-14(20(24)25)5-6-15(13)27-16/h5-6,9-10,12H,3-4,7-8,11H2,1-2H3,(H,22,23). The highest BCUT2D eigenvalue weighted by molar-refractivity contribution is 7.20. The molecule has 0 spiro atoms. The molecule has 1 N–H and O–H groups in total. The number of thiophene rings is 1. The molecule has 0 aliphatic rings. The zero-order valence-corrected chi connectivity index (χ0v) is 16.0. The highest BCUT2D eigenvalue weighted by Crippen LogP contribution is 2.30. The number of ether oxygens (including phenoxy) is 1. The Labute approximate surface area is 160 Å². The van der Waals surface area contributed by atoms with Gasteiger partial charge in [-0.3, -0.25) is 19.7 Å². The summed E-state index contributed by atoms with van der Waals surface area (Å²) >= 11 is 1.24. The minimum Gasteiger partial charge on any atom is -0.481 e. The predicted octanol–water partition coefficient (Wildman–Crippen LogP) is 3.40. The maximum absolute atomic E-state index is 12.9. The molecule has 0 aliphatic heterocycles. The summed E-state index contributed by atoms with van der Waals surface area (Å²) in [6.45, 7) is 4.97. The zero-order valence-electron chi connectivity index (χ0n) is 15.2. The number of hydrogen-bond donors (Lipinski definition) is 1. The summed E-state index contributed by atoms with van der Waals surface area (Å²) < 4.78 is 6.06. The molecule has 0 radical (unpaired) electrons. The molecule has 0 aliphatic carbocycles. The molecule has 8 nitrogen and oxygen atoms in total. The molecule has 0 saturated heterocycles. The van der Waals surface area contributed by atoms with E-state index in [1.807, 2.05) is 6.92 Å². The molecule has 1 atom stereocenters. The van der Waals surface area contributed by atoms with Crippen molar-refractivity contribution in [1.29, 1.82) is 0 Å². The van der Waals surface area contributed by atoms with Gasteiger partial charge in [-0.25, -0.2) is 0 Å². The fourth-order valence-corrected chi connectivity index (χ4v) is 3.60. The summed E-state index contributed by atoms with van der Waals surface area (Å²) in [5.74, 6) is -1.94. The second-order valence-corrected chi connectivity index (χ2v) is 7.21. The van der Waals surface area contributed by atoms with Crippen molar-refractivity contribution in [1.82, 2.24) is 4.90 Å². The lowest BCUT2D eigenvalue weighted by Gasteiger charge is -2.24. The third kappa shape index (κ3) is 5.48. The number of amides is 1. The van der Waals surface area contributed by atoms with E-state index in [-0.39, 0.29) is 18.1 Å². The van der Waals surface area contributed by atoms with Crippen molar-refractivity contribution in [3.05, 3.63) is 39.3 Å². The number of non-ortho nitro benzene ring substituents is 1. The normalized spacial score (nSPS) is 12.1. The van der Waals surface area contributed by atoms with Crippen LogP contribution in [0.1, 0.15) is 29.9 Å². The first-order valence-electron chi connectivity index (χ1n) is 8.61. The molecular formula is C18H22N2O6S. The largest absolute Gasteiger partial charge is 0.481 e. The fourth-order valence-electron chi connectivity index (χ4n) is 2.59. The summed E-state index contributed by atoms with van der Waals surface area (Å²) in [4.78, 5) is 36.5. The first-order valence-corrected chi connectivity index (χ1v) is 9.43. The zero-order chi connectivity index (χ0) is 20.0. The maximum atomic E-state index is 12.9. The minimum atomic E-state index is -0.968. The average molecular weight is 394 g/mol. The van der Waals surface area contributed by atoms with E-state index in [2.05, 4.69) is 0 Å². The van der Waals surface area contributed by atoms with Crippen molar-refractivity contribution in [2.45, 2.75) is 20.3 Å². The predicted molar refractivity (Wildman–Crippen MR) is 102 cm³/mol. The van der Waals surface area contributed by atoms with Crippen molar-refractivity contribution in [2.75, 3.05) is 26.3 Å².